The van der Waals surface area contributed by atoms with Crippen molar-refractivity contribution in [3.8, 4) is 0 Å². The van der Waals surface area contributed by atoms with Crippen molar-refractivity contribution < 1.29 is 0 Å². The highest BCUT2D eigenvalue weighted by Crippen LogP contribution is 2.34. The van der Waals surface area contributed by atoms with Crippen LogP contribution in [0.15, 0.2) is 26.9 Å². The van der Waals surface area contributed by atoms with Crippen molar-refractivity contribution in [2.24, 2.45) is 0 Å². The van der Waals surface area contributed by atoms with E-state index >= 15 is 0 Å². The Bertz CT molecular complexity index is 833. The third-order valence-electron chi connectivity index (χ3n) is 3.01. The molecule has 1 aromatic carbocycles. The molecule has 3 aromatic rings. The molecule has 22 heavy (non-hydrogen) atoms. The molecule has 114 valence electrons. The molecule has 2 heterocycles. The molecule has 7 heteroatoms. The van der Waals surface area contributed by atoms with Crippen molar-refractivity contribution >= 4 is 57.3 Å². The minimum absolute atomic E-state index is 0.493. The summed E-state index contributed by atoms with van der Waals surface area (Å²) in [7, 11) is 0. The van der Waals surface area contributed by atoms with Crippen molar-refractivity contribution in [3.05, 3.63) is 38.9 Å². The Morgan fingerprint density at radius 1 is 1.09 bits per heavy atom. The maximum absolute atomic E-state index is 6.09. The smallest absolute Gasteiger partial charge is 0.156 e. The van der Waals surface area contributed by atoms with Gasteiger partial charge in [0.1, 0.15) is 5.03 Å². The van der Waals surface area contributed by atoms with E-state index in [1.165, 1.54) is 0 Å². The van der Waals surface area contributed by atoms with Crippen LogP contribution >= 0.6 is 46.3 Å². The first-order chi connectivity index (χ1) is 10.6. The van der Waals surface area contributed by atoms with Gasteiger partial charge in [0.15, 0.2) is 4.34 Å². The predicted octanol–water partition coefficient (Wildman–Crippen LogP) is 5.81. The van der Waals surface area contributed by atoms with Gasteiger partial charge in [-0.25, -0.2) is 15.0 Å². The largest absolute Gasteiger partial charge is 0.248 e. The summed E-state index contributed by atoms with van der Waals surface area (Å²) in [6, 6.07) is 3.53. The van der Waals surface area contributed by atoms with Crippen LogP contribution in [0, 0.1) is 6.92 Å². The molecule has 0 unspecified atom stereocenters. The number of rotatable bonds is 4. The van der Waals surface area contributed by atoms with Gasteiger partial charge in [-0.3, -0.25) is 0 Å². The topological polar surface area (TPSA) is 38.7 Å². The Morgan fingerprint density at radius 2 is 1.77 bits per heavy atom. The number of hydrogen-bond acceptors (Lipinski definition) is 5. The monoisotopic (exact) mass is 369 g/mol. The van der Waals surface area contributed by atoms with Gasteiger partial charge >= 0.3 is 0 Å². The van der Waals surface area contributed by atoms with E-state index in [0.717, 1.165) is 44.6 Å². The van der Waals surface area contributed by atoms with Gasteiger partial charge in [-0.2, -0.15) is 0 Å². The predicted molar refractivity (Wildman–Crippen MR) is 94.5 cm³/mol. The summed E-state index contributed by atoms with van der Waals surface area (Å²) in [5, 5.41) is 3.92. The SMILES string of the molecule is CCCc1nc2cc(Cl)c(Cl)cc2nc1Sc1nc(C)cs1. The lowest BCUT2D eigenvalue weighted by Crippen LogP contribution is -1.98. The van der Waals surface area contributed by atoms with E-state index in [1.54, 1.807) is 35.2 Å². The van der Waals surface area contributed by atoms with E-state index < -0.39 is 0 Å². The molecule has 3 rings (SSSR count). The van der Waals surface area contributed by atoms with Crippen molar-refractivity contribution in [1.29, 1.82) is 0 Å². The Hall–Kier alpha value is -0.880. The highest BCUT2D eigenvalue weighted by atomic mass is 35.5. The molecule has 0 aliphatic rings. The number of nitrogens with zero attached hydrogens (tertiary/aromatic N) is 3. The summed E-state index contributed by atoms with van der Waals surface area (Å²) in [4.78, 5) is 13.9. The third kappa shape index (κ3) is 3.38. The average Bonchev–Trinajstić information content (AvgIpc) is 2.87. The molecule has 0 bridgehead atoms. The van der Waals surface area contributed by atoms with E-state index in [-0.39, 0.29) is 0 Å². The molecule has 0 radical (unpaired) electrons. The molecule has 0 aliphatic heterocycles. The molecule has 0 fully saturated rings. The number of hydrogen-bond donors (Lipinski definition) is 0. The van der Waals surface area contributed by atoms with Gasteiger partial charge in [0.05, 0.1) is 26.8 Å². The van der Waals surface area contributed by atoms with Crippen LogP contribution in [-0.2, 0) is 6.42 Å². The zero-order chi connectivity index (χ0) is 15.7. The van der Waals surface area contributed by atoms with Gasteiger partial charge in [-0.15, -0.1) is 11.3 Å². The van der Waals surface area contributed by atoms with Gasteiger partial charge < -0.3 is 0 Å². The van der Waals surface area contributed by atoms with Crippen molar-refractivity contribution in [3.63, 3.8) is 0 Å². The third-order valence-corrected chi connectivity index (χ3v) is 5.81. The number of fused-ring (bicyclic) bond motifs is 1. The molecular formula is C15H13Cl2N3S2. The Labute approximate surface area is 147 Å². The van der Waals surface area contributed by atoms with Gasteiger partial charge in [-0.05, 0) is 37.2 Å². The molecule has 0 saturated heterocycles. The highest BCUT2D eigenvalue weighted by Gasteiger charge is 2.13. The summed E-state index contributed by atoms with van der Waals surface area (Å²) < 4.78 is 0.976. The quantitative estimate of drug-likeness (QED) is 0.581. The van der Waals surface area contributed by atoms with Crippen LogP contribution in [0.3, 0.4) is 0 Å². The van der Waals surface area contributed by atoms with E-state index in [1.807, 2.05) is 12.3 Å². The van der Waals surface area contributed by atoms with Gasteiger partial charge in [-0.1, -0.05) is 36.5 Å². The minimum atomic E-state index is 0.493. The summed E-state index contributed by atoms with van der Waals surface area (Å²) in [6.45, 7) is 4.12. The maximum Gasteiger partial charge on any atom is 0.156 e. The Kier molecular flexibility index (Phi) is 4.88. The van der Waals surface area contributed by atoms with Crippen LogP contribution < -0.4 is 0 Å². The molecule has 0 spiro atoms. The first kappa shape index (κ1) is 16.0. The van der Waals surface area contributed by atoms with Gasteiger partial charge in [0.2, 0.25) is 0 Å². The van der Waals surface area contributed by atoms with Crippen molar-refractivity contribution in [2.75, 3.05) is 0 Å². The summed E-state index contributed by atoms with van der Waals surface area (Å²) in [5.74, 6) is 0. The summed E-state index contributed by atoms with van der Waals surface area (Å²) >= 11 is 15.3. The zero-order valence-electron chi connectivity index (χ0n) is 12.1. The number of aryl methyl sites for hydroxylation is 2. The second-order valence-electron chi connectivity index (χ2n) is 4.84. The second-order valence-corrected chi connectivity index (χ2v) is 7.75. The highest BCUT2D eigenvalue weighted by molar-refractivity contribution is 8.01. The molecule has 3 nitrogen and oxygen atoms in total. The van der Waals surface area contributed by atoms with Crippen LogP contribution in [-0.4, -0.2) is 15.0 Å². The van der Waals surface area contributed by atoms with Crippen LogP contribution in [0.2, 0.25) is 10.0 Å². The van der Waals surface area contributed by atoms with Crippen LogP contribution in [0.1, 0.15) is 24.7 Å². The van der Waals surface area contributed by atoms with Crippen molar-refractivity contribution in [2.45, 2.75) is 36.1 Å². The summed E-state index contributed by atoms with van der Waals surface area (Å²) in [6.07, 6.45) is 1.88. The minimum Gasteiger partial charge on any atom is -0.248 e. The summed E-state index contributed by atoms with van der Waals surface area (Å²) in [5.41, 5.74) is 3.53. The average molecular weight is 370 g/mol. The first-order valence-corrected chi connectivity index (χ1v) is 9.27. The van der Waals surface area contributed by atoms with Gasteiger partial charge in [0, 0.05) is 11.1 Å². The number of thiazole rings is 1. The Morgan fingerprint density at radius 3 is 2.36 bits per heavy atom. The molecule has 0 atom stereocenters. The maximum atomic E-state index is 6.09. The number of halogens is 2. The van der Waals surface area contributed by atoms with E-state index in [2.05, 4.69) is 11.9 Å². The fourth-order valence-electron chi connectivity index (χ4n) is 2.02. The molecule has 0 saturated carbocycles. The molecule has 0 aliphatic carbocycles. The fraction of sp³-hybridized carbons (Fsp3) is 0.267. The zero-order valence-corrected chi connectivity index (χ0v) is 15.2. The lowest BCUT2D eigenvalue weighted by Gasteiger charge is -2.08. The van der Waals surface area contributed by atoms with Crippen LogP contribution in [0.5, 0.6) is 0 Å². The standard InChI is InChI=1S/C15H13Cl2N3S2/c1-3-4-11-14(22-15-18-8(2)7-21-15)20-13-6-10(17)9(16)5-12(13)19-11/h5-7H,3-4H2,1-2H3. The van der Waals surface area contributed by atoms with Crippen LogP contribution in [0.4, 0.5) is 0 Å². The van der Waals surface area contributed by atoms with E-state index in [4.69, 9.17) is 33.2 Å². The van der Waals surface area contributed by atoms with Crippen molar-refractivity contribution in [1.82, 2.24) is 15.0 Å². The molecule has 0 N–H and O–H groups in total. The normalized spacial score (nSPS) is 11.3. The lowest BCUT2D eigenvalue weighted by atomic mass is 10.2. The number of aromatic nitrogens is 3. The number of benzene rings is 1. The first-order valence-electron chi connectivity index (χ1n) is 6.82. The fourth-order valence-corrected chi connectivity index (χ4v) is 4.19. The second kappa shape index (κ2) is 6.71. The van der Waals surface area contributed by atoms with E-state index in [9.17, 15) is 0 Å². The van der Waals surface area contributed by atoms with E-state index in [0.29, 0.717) is 10.0 Å². The lowest BCUT2D eigenvalue weighted by molar-refractivity contribution is 0.841. The molecule has 2 aromatic heterocycles. The van der Waals surface area contributed by atoms with Gasteiger partial charge in [0.25, 0.3) is 0 Å². The Balaban J connectivity index is 2.09. The molecule has 0 amide bonds. The molecular weight excluding hydrogens is 357 g/mol. The van der Waals surface area contributed by atoms with Crippen LogP contribution in [0.25, 0.3) is 11.0 Å².